The van der Waals surface area contributed by atoms with E-state index in [1.807, 2.05) is 24.5 Å². The molecule has 0 N–H and O–H groups in total. The zero-order chi connectivity index (χ0) is 22.0. The topological polar surface area (TPSA) is 76.6 Å². The number of aromatic nitrogens is 1. The minimum absolute atomic E-state index is 0.0609. The molecule has 31 heavy (non-hydrogen) atoms. The number of fused-ring (bicyclic) bond motifs is 1. The number of anilines is 1. The molecule has 164 valence electrons. The Kier molecular flexibility index (Phi) is 6.66. The second-order valence-corrected chi connectivity index (χ2v) is 11.4. The first-order valence-corrected chi connectivity index (χ1v) is 13.8. The van der Waals surface area contributed by atoms with Crippen LogP contribution in [0, 0.1) is 0 Å². The van der Waals surface area contributed by atoms with Crippen LogP contribution in [0.2, 0.25) is 0 Å². The number of benzene rings is 2. The highest BCUT2D eigenvalue weighted by Crippen LogP contribution is 2.35. The van der Waals surface area contributed by atoms with Crippen LogP contribution in [0.5, 0.6) is 0 Å². The summed E-state index contributed by atoms with van der Waals surface area (Å²) in [7, 11) is -3.55. The van der Waals surface area contributed by atoms with E-state index in [2.05, 4.69) is 0 Å². The summed E-state index contributed by atoms with van der Waals surface area (Å²) >= 11 is 3.04. The van der Waals surface area contributed by atoms with Crippen molar-refractivity contribution < 1.29 is 17.9 Å². The lowest BCUT2D eigenvalue weighted by Crippen LogP contribution is -2.38. The fourth-order valence-electron chi connectivity index (χ4n) is 3.65. The van der Waals surface area contributed by atoms with E-state index < -0.39 is 9.84 Å². The van der Waals surface area contributed by atoms with Gasteiger partial charge in [0.2, 0.25) is 0 Å². The first-order chi connectivity index (χ1) is 14.9. The second kappa shape index (κ2) is 9.28. The Hall–Kier alpha value is -1.94. The molecule has 0 radical (unpaired) electrons. The van der Waals surface area contributed by atoms with Gasteiger partial charge in [0.25, 0.3) is 5.91 Å². The molecule has 9 heteroatoms. The van der Waals surface area contributed by atoms with E-state index in [1.165, 1.54) is 17.4 Å². The number of ether oxygens (including phenoxy) is 1. The van der Waals surface area contributed by atoms with Gasteiger partial charge in [-0.25, -0.2) is 13.4 Å². The van der Waals surface area contributed by atoms with Crippen molar-refractivity contribution in [3.05, 3.63) is 48.0 Å². The van der Waals surface area contributed by atoms with E-state index in [9.17, 15) is 13.2 Å². The van der Waals surface area contributed by atoms with Gasteiger partial charge >= 0.3 is 0 Å². The molecule has 1 atom stereocenters. The normalized spacial score (nSPS) is 16.6. The van der Waals surface area contributed by atoms with Crippen LogP contribution < -0.4 is 4.90 Å². The number of carbonyl (C=O) groups is 1. The largest absolute Gasteiger partial charge is 0.376 e. The SMILES string of the molecule is CCS(=O)(=O)c1ccccc1C(=O)N(CC1CCCO1)c1nc2c(SC)cccc2s1. The lowest BCUT2D eigenvalue weighted by atomic mass is 10.1. The zero-order valence-electron chi connectivity index (χ0n) is 17.4. The Balaban J connectivity index is 1.81. The van der Waals surface area contributed by atoms with Gasteiger partial charge < -0.3 is 4.74 Å². The average Bonchev–Trinajstić information content (AvgIpc) is 3.46. The Morgan fingerprint density at radius 1 is 1.26 bits per heavy atom. The Morgan fingerprint density at radius 2 is 2.06 bits per heavy atom. The summed E-state index contributed by atoms with van der Waals surface area (Å²) in [6.45, 7) is 2.59. The molecule has 2 heterocycles. The maximum Gasteiger partial charge on any atom is 0.261 e. The molecule has 1 saturated heterocycles. The summed E-state index contributed by atoms with van der Waals surface area (Å²) in [6.07, 6.45) is 3.71. The van der Waals surface area contributed by atoms with Gasteiger partial charge in [-0.15, -0.1) is 11.8 Å². The van der Waals surface area contributed by atoms with Gasteiger partial charge in [0.1, 0.15) is 0 Å². The minimum Gasteiger partial charge on any atom is -0.376 e. The predicted octanol–water partition coefficient (Wildman–Crippen LogP) is 4.64. The summed E-state index contributed by atoms with van der Waals surface area (Å²) in [4.78, 5) is 21.2. The van der Waals surface area contributed by atoms with E-state index in [4.69, 9.17) is 9.72 Å². The van der Waals surface area contributed by atoms with Gasteiger partial charge in [0.15, 0.2) is 15.0 Å². The highest BCUT2D eigenvalue weighted by atomic mass is 32.2. The lowest BCUT2D eigenvalue weighted by Gasteiger charge is -2.24. The molecule has 1 aliphatic rings. The Labute approximate surface area is 190 Å². The highest BCUT2D eigenvalue weighted by molar-refractivity contribution is 7.98. The summed E-state index contributed by atoms with van der Waals surface area (Å²) in [5.74, 6) is -0.436. The van der Waals surface area contributed by atoms with Crippen LogP contribution in [0.1, 0.15) is 30.1 Å². The third-order valence-electron chi connectivity index (χ3n) is 5.31. The molecule has 1 unspecified atom stereocenters. The van der Waals surface area contributed by atoms with Gasteiger partial charge in [-0.3, -0.25) is 9.69 Å². The van der Waals surface area contributed by atoms with Crippen LogP contribution in [0.4, 0.5) is 5.13 Å². The van der Waals surface area contributed by atoms with Crippen LogP contribution in [-0.4, -0.2) is 50.6 Å². The molecular formula is C22H24N2O4S3. The number of thiazole rings is 1. The molecular weight excluding hydrogens is 452 g/mol. The zero-order valence-corrected chi connectivity index (χ0v) is 19.9. The summed E-state index contributed by atoms with van der Waals surface area (Å²) in [5, 5.41) is 0.556. The van der Waals surface area contributed by atoms with Crippen LogP contribution in [0.15, 0.2) is 52.3 Å². The summed E-state index contributed by atoms with van der Waals surface area (Å²) in [6, 6.07) is 12.4. The van der Waals surface area contributed by atoms with Crippen LogP contribution in [-0.2, 0) is 14.6 Å². The number of sulfone groups is 1. The molecule has 2 aromatic carbocycles. The fraction of sp³-hybridized carbons (Fsp3) is 0.364. The number of para-hydroxylation sites is 1. The summed E-state index contributed by atoms with van der Waals surface area (Å²) in [5.41, 5.74) is 1.03. The average molecular weight is 477 g/mol. The third-order valence-corrected chi connectivity index (χ3v) is 8.91. The Morgan fingerprint density at radius 3 is 2.77 bits per heavy atom. The number of amides is 1. The van der Waals surface area contributed by atoms with Gasteiger partial charge in [0.05, 0.1) is 39.1 Å². The standard InChI is InChI=1S/C22H24N2O4S3/c1-3-31(26,27)19-12-5-4-9-16(19)21(25)24(14-15-8-7-13-28-15)22-23-20-17(29-2)10-6-11-18(20)30-22/h4-6,9-12,15H,3,7-8,13-14H2,1-2H3. The molecule has 1 fully saturated rings. The first-order valence-electron chi connectivity index (χ1n) is 10.1. The third kappa shape index (κ3) is 4.50. The van der Waals surface area contributed by atoms with Crippen molar-refractivity contribution in [2.45, 2.75) is 35.7 Å². The smallest absolute Gasteiger partial charge is 0.261 e. The van der Waals surface area contributed by atoms with Crippen molar-refractivity contribution in [3.63, 3.8) is 0 Å². The predicted molar refractivity (Wildman–Crippen MR) is 126 cm³/mol. The molecule has 1 amide bonds. The number of hydrogen-bond acceptors (Lipinski definition) is 7. The van der Waals surface area contributed by atoms with Crippen molar-refractivity contribution in [2.24, 2.45) is 0 Å². The molecule has 4 rings (SSSR count). The van der Waals surface area contributed by atoms with Crippen LogP contribution in [0.3, 0.4) is 0 Å². The molecule has 6 nitrogen and oxygen atoms in total. The monoisotopic (exact) mass is 476 g/mol. The molecule has 0 aliphatic carbocycles. The van der Waals surface area contributed by atoms with E-state index in [0.717, 1.165) is 28.0 Å². The van der Waals surface area contributed by atoms with Crippen molar-refractivity contribution in [3.8, 4) is 0 Å². The van der Waals surface area contributed by atoms with E-state index in [1.54, 1.807) is 41.8 Å². The van der Waals surface area contributed by atoms with Gasteiger partial charge in [-0.05, 0) is 43.4 Å². The molecule has 1 aromatic heterocycles. The van der Waals surface area contributed by atoms with Crippen molar-refractivity contribution in [2.75, 3.05) is 30.1 Å². The van der Waals surface area contributed by atoms with Crippen molar-refractivity contribution >= 4 is 54.2 Å². The van der Waals surface area contributed by atoms with E-state index >= 15 is 0 Å². The molecule has 0 spiro atoms. The van der Waals surface area contributed by atoms with Crippen molar-refractivity contribution in [1.29, 1.82) is 0 Å². The number of rotatable bonds is 7. The lowest BCUT2D eigenvalue weighted by molar-refractivity contribution is 0.0915. The Bertz CT molecular complexity index is 1200. The maximum atomic E-state index is 13.7. The van der Waals surface area contributed by atoms with Gasteiger partial charge in [0, 0.05) is 11.5 Å². The second-order valence-electron chi connectivity index (χ2n) is 7.25. The highest BCUT2D eigenvalue weighted by Gasteiger charge is 2.30. The van der Waals surface area contributed by atoms with Crippen LogP contribution in [0.25, 0.3) is 10.2 Å². The maximum absolute atomic E-state index is 13.7. The quantitative estimate of drug-likeness (QED) is 0.463. The minimum atomic E-state index is -3.55. The number of carbonyl (C=O) groups excluding carboxylic acids is 1. The number of nitrogens with zero attached hydrogens (tertiary/aromatic N) is 2. The van der Waals surface area contributed by atoms with Crippen LogP contribution >= 0.6 is 23.1 Å². The van der Waals surface area contributed by atoms with Crippen molar-refractivity contribution in [1.82, 2.24) is 4.98 Å². The fourth-order valence-corrected chi connectivity index (χ4v) is 6.36. The molecule has 0 saturated carbocycles. The van der Waals surface area contributed by atoms with E-state index in [0.29, 0.717) is 18.3 Å². The van der Waals surface area contributed by atoms with Gasteiger partial charge in [-0.2, -0.15) is 0 Å². The first kappa shape index (κ1) is 22.3. The molecule has 1 aliphatic heterocycles. The summed E-state index contributed by atoms with van der Waals surface area (Å²) < 4.78 is 32.1. The van der Waals surface area contributed by atoms with Gasteiger partial charge in [-0.1, -0.05) is 36.5 Å². The number of thioether (sulfide) groups is 1. The molecule has 0 bridgehead atoms. The molecule has 3 aromatic rings. The number of hydrogen-bond donors (Lipinski definition) is 0. The van der Waals surface area contributed by atoms with E-state index in [-0.39, 0.29) is 28.2 Å².